The molecule has 2 aliphatic carbocycles. The van der Waals surface area contributed by atoms with Crippen LogP contribution in [0.15, 0.2) is 0 Å². The minimum atomic E-state index is -0.545. The number of imide groups is 1. The number of fused-ring (bicyclic) bond motifs is 1. The number of amides is 4. The first-order chi connectivity index (χ1) is 10.6. The molecular weight excluding hydrogens is 282 g/mol. The molecule has 0 aromatic heterocycles. The standard InChI is InChI=1S/C16H23N3O3/c20-14(2-1-13-15(21)18-16(22)17-13)19-8-11-4-9-3-10(5-11)7-12(19)6-9/h9-13H,1-8H2,(H2,17,18,21,22)/t9?,10?,11?,12?,13-/m0/s1. The molecule has 5 rings (SSSR count). The van der Waals surface area contributed by atoms with E-state index in [-0.39, 0.29) is 11.8 Å². The first-order valence-corrected chi connectivity index (χ1v) is 8.49. The van der Waals surface area contributed by atoms with Gasteiger partial charge < -0.3 is 10.2 Å². The fourth-order valence-electron chi connectivity index (χ4n) is 5.16. The summed E-state index contributed by atoms with van der Waals surface area (Å²) >= 11 is 0. The van der Waals surface area contributed by atoms with Crippen molar-refractivity contribution in [2.24, 2.45) is 17.8 Å². The van der Waals surface area contributed by atoms with Gasteiger partial charge in [-0.1, -0.05) is 0 Å². The van der Waals surface area contributed by atoms with Crippen LogP contribution in [-0.2, 0) is 9.59 Å². The molecule has 6 heteroatoms. The molecule has 0 aromatic rings. The van der Waals surface area contributed by atoms with Gasteiger partial charge in [0.25, 0.3) is 5.91 Å². The summed E-state index contributed by atoms with van der Waals surface area (Å²) < 4.78 is 0. The number of rotatable bonds is 3. The molecule has 3 aliphatic heterocycles. The Hall–Kier alpha value is -1.59. The summed E-state index contributed by atoms with van der Waals surface area (Å²) in [5, 5.41) is 4.78. The lowest BCUT2D eigenvalue weighted by atomic mass is 9.68. The number of hydrogen-bond acceptors (Lipinski definition) is 3. The maximum absolute atomic E-state index is 12.6. The highest BCUT2D eigenvalue weighted by molar-refractivity contribution is 6.04. The molecule has 4 bridgehead atoms. The molecule has 5 fully saturated rings. The molecule has 3 heterocycles. The Bertz CT molecular complexity index is 507. The third kappa shape index (κ3) is 2.48. The average Bonchev–Trinajstić information content (AvgIpc) is 2.65. The summed E-state index contributed by atoms with van der Waals surface area (Å²) in [4.78, 5) is 37.4. The zero-order valence-electron chi connectivity index (χ0n) is 12.7. The molecule has 0 spiro atoms. The van der Waals surface area contributed by atoms with E-state index in [1.807, 2.05) is 0 Å². The summed E-state index contributed by atoms with van der Waals surface area (Å²) in [6, 6.07) is -0.583. The van der Waals surface area contributed by atoms with Crippen LogP contribution in [0.1, 0.15) is 44.9 Å². The maximum Gasteiger partial charge on any atom is 0.322 e. The Kier molecular flexibility index (Phi) is 3.35. The Morgan fingerprint density at radius 1 is 1.05 bits per heavy atom. The molecule has 5 aliphatic rings. The van der Waals surface area contributed by atoms with E-state index >= 15 is 0 Å². The summed E-state index contributed by atoms with van der Waals surface area (Å²) in [6.45, 7) is 0.903. The molecule has 0 radical (unpaired) electrons. The van der Waals surface area contributed by atoms with Crippen molar-refractivity contribution in [1.82, 2.24) is 15.5 Å². The van der Waals surface area contributed by atoms with Crippen LogP contribution in [0.3, 0.4) is 0 Å². The molecule has 2 N–H and O–H groups in total. The zero-order valence-corrected chi connectivity index (χ0v) is 12.7. The van der Waals surface area contributed by atoms with Gasteiger partial charge >= 0.3 is 6.03 Å². The SMILES string of the molecule is O=C1NC(=O)[C@H](CCC(=O)N2CC3CC4CC(C3)CC2C4)N1. The van der Waals surface area contributed by atoms with Crippen molar-refractivity contribution in [3.63, 3.8) is 0 Å². The molecule has 3 atom stereocenters. The average molecular weight is 305 g/mol. The van der Waals surface area contributed by atoms with Gasteiger partial charge in [-0.05, 0) is 56.3 Å². The number of hydrogen-bond donors (Lipinski definition) is 2. The van der Waals surface area contributed by atoms with Crippen molar-refractivity contribution < 1.29 is 14.4 Å². The van der Waals surface area contributed by atoms with Gasteiger partial charge in [-0.3, -0.25) is 14.9 Å². The van der Waals surface area contributed by atoms with Crippen LogP contribution in [0.2, 0.25) is 0 Å². The highest BCUT2D eigenvalue weighted by Gasteiger charge is 2.44. The molecule has 6 nitrogen and oxygen atoms in total. The smallest absolute Gasteiger partial charge is 0.322 e. The number of carbonyl (C=O) groups excluding carboxylic acids is 3. The number of nitrogens with zero attached hydrogens (tertiary/aromatic N) is 1. The van der Waals surface area contributed by atoms with E-state index in [0.717, 1.165) is 18.4 Å². The van der Waals surface area contributed by atoms with E-state index in [9.17, 15) is 14.4 Å². The Morgan fingerprint density at radius 2 is 1.73 bits per heavy atom. The second-order valence-corrected chi connectivity index (χ2v) is 7.53. The quantitative estimate of drug-likeness (QED) is 0.764. The maximum atomic E-state index is 12.6. The second-order valence-electron chi connectivity index (χ2n) is 7.53. The molecule has 3 saturated heterocycles. The van der Waals surface area contributed by atoms with E-state index in [1.165, 1.54) is 32.1 Å². The first kappa shape index (κ1) is 14.0. The van der Waals surface area contributed by atoms with Crippen LogP contribution in [0.5, 0.6) is 0 Å². The van der Waals surface area contributed by atoms with Gasteiger partial charge in [0.2, 0.25) is 5.91 Å². The Morgan fingerprint density at radius 3 is 2.36 bits per heavy atom. The molecule has 22 heavy (non-hydrogen) atoms. The van der Waals surface area contributed by atoms with E-state index in [0.29, 0.717) is 24.8 Å². The van der Waals surface area contributed by atoms with Crippen LogP contribution < -0.4 is 10.6 Å². The Labute approximate surface area is 130 Å². The molecular formula is C16H23N3O3. The minimum Gasteiger partial charge on any atom is -0.339 e. The minimum absolute atomic E-state index is 0.159. The second kappa shape index (κ2) is 5.25. The van der Waals surface area contributed by atoms with Crippen LogP contribution in [-0.4, -0.2) is 41.4 Å². The van der Waals surface area contributed by atoms with E-state index in [2.05, 4.69) is 15.5 Å². The monoisotopic (exact) mass is 305 g/mol. The first-order valence-electron chi connectivity index (χ1n) is 8.49. The fourth-order valence-corrected chi connectivity index (χ4v) is 5.16. The van der Waals surface area contributed by atoms with Crippen molar-refractivity contribution in [2.75, 3.05) is 6.54 Å². The number of nitrogens with one attached hydrogen (secondary N) is 2. The predicted molar refractivity (Wildman–Crippen MR) is 78.8 cm³/mol. The number of urea groups is 1. The van der Waals surface area contributed by atoms with Crippen LogP contribution >= 0.6 is 0 Å². The van der Waals surface area contributed by atoms with Gasteiger partial charge in [0.15, 0.2) is 0 Å². The highest BCUT2D eigenvalue weighted by Crippen LogP contribution is 2.47. The van der Waals surface area contributed by atoms with Gasteiger partial charge in [0, 0.05) is 19.0 Å². The van der Waals surface area contributed by atoms with Crippen molar-refractivity contribution >= 4 is 17.8 Å². The molecule has 0 aromatic carbocycles. The van der Waals surface area contributed by atoms with Gasteiger partial charge in [-0.2, -0.15) is 0 Å². The summed E-state index contributed by atoms with van der Waals surface area (Å²) in [6.07, 6.45) is 7.02. The summed E-state index contributed by atoms with van der Waals surface area (Å²) in [5.74, 6) is 2.16. The topological polar surface area (TPSA) is 78.5 Å². The lowest BCUT2D eigenvalue weighted by molar-refractivity contribution is -0.134. The fraction of sp³-hybridized carbons (Fsp3) is 0.812. The lowest BCUT2D eigenvalue weighted by Gasteiger charge is -2.39. The van der Waals surface area contributed by atoms with Crippen molar-refractivity contribution in [2.45, 2.75) is 57.0 Å². The van der Waals surface area contributed by atoms with Crippen LogP contribution in [0.25, 0.3) is 0 Å². The van der Waals surface area contributed by atoms with E-state index in [4.69, 9.17) is 0 Å². The molecule has 2 saturated carbocycles. The molecule has 2 unspecified atom stereocenters. The summed E-state index contributed by atoms with van der Waals surface area (Å²) in [5.41, 5.74) is 0. The largest absolute Gasteiger partial charge is 0.339 e. The van der Waals surface area contributed by atoms with Gasteiger partial charge in [-0.15, -0.1) is 0 Å². The van der Waals surface area contributed by atoms with E-state index in [1.54, 1.807) is 0 Å². The molecule has 4 amide bonds. The molecule has 120 valence electrons. The zero-order chi connectivity index (χ0) is 15.3. The summed E-state index contributed by atoms with van der Waals surface area (Å²) in [7, 11) is 0. The highest BCUT2D eigenvalue weighted by atomic mass is 16.2. The van der Waals surface area contributed by atoms with E-state index < -0.39 is 12.1 Å². The van der Waals surface area contributed by atoms with Crippen molar-refractivity contribution in [3.8, 4) is 0 Å². The third-order valence-electron chi connectivity index (χ3n) is 5.93. The number of carbonyl (C=O) groups is 3. The van der Waals surface area contributed by atoms with Crippen molar-refractivity contribution in [3.05, 3.63) is 0 Å². The Balaban J connectivity index is 1.38. The predicted octanol–water partition coefficient (Wildman–Crippen LogP) is 1.01. The van der Waals surface area contributed by atoms with Gasteiger partial charge in [0.1, 0.15) is 6.04 Å². The van der Waals surface area contributed by atoms with Crippen molar-refractivity contribution in [1.29, 1.82) is 0 Å². The third-order valence-corrected chi connectivity index (χ3v) is 5.93. The van der Waals surface area contributed by atoms with Crippen LogP contribution in [0, 0.1) is 17.8 Å². The van der Waals surface area contributed by atoms with Crippen LogP contribution in [0.4, 0.5) is 4.79 Å². The van der Waals surface area contributed by atoms with Gasteiger partial charge in [-0.25, -0.2) is 4.79 Å². The van der Waals surface area contributed by atoms with Gasteiger partial charge in [0.05, 0.1) is 0 Å². The normalized spacial score (nSPS) is 39.6. The lowest BCUT2D eigenvalue weighted by Crippen LogP contribution is -2.42.